The fourth-order valence-corrected chi connectivity index (χ4v) is 1.53. The van der Waals surface area contributed by atoms with Crippen molar-refractivity contribution in [3.8, 4) is 0 Å². The summed E-state index contributed by atoms with van der Waals surface area (Å²) in [6.07, 6.45) is 3.31. The van der Waals surface area contributed by atoms with Crippen LogP contribution in [-0.2, 0) is 0 Å². The molecule has 0 aliphatic heterocycles. The fraction of sp³-hybridized carbons (Fsp3) is 0.545. The van der Waals surface area contributed by atoms with Crippen molar-refractivity contribution < 1.29 is 5.11 Å². The van der Waals surface area contributed by atoms with Crippen molar-refractivity contribution in [2.24, 2.45) is 5.92 Å². The molecular weight excluding hydrogens is 162 g/mol. The number of pyridine rings is 1. The minimum atomic E-state index is -0.406. The average molecular weight is 179 g/mol. The summed E-state index contributed by atoms with van der Waals surface area (Å²) in [5.41, 5.74) is 0.788. The smallest absolute Gasteiger partial charge is 0.0987 e. The zero-order chi connectivity index (χ0) is 9.68. The highest BCUT2D eigenvalue weighted by atomic mass is 16.3. The summed E-state index contributed by atoms with van der Waals surface area (Å²) in [6, 6.07) is 5.65. The third kappa shape index (κ3) is 2.52. The number of nitrogens with zero attached hydrogens (tertiary/aromatic N) is 1. The van der Waals surface area contributed by atoms with E-state index in [0.717, 1.165) is 18.5 Å². The summed E-state index contributed by atoms with van der Waals surface area (Å²) in [7, 11) is 0. The lowest BCUT2D eigenvalue weighted by atomic mass is 9.94. The lowest BCUT2D eigenvalue weighted by Crippen LogP contribution is -2.11. The zero-order valence-electron chi connectivity index (χ0n) is 8.27. The van der Waals surface area contributed by atoms with Crippen LogP contribution in [0, 0.1) is 5.92 Å². The van der Waals surface area contributed by atoms with Crippen molar-refractivity contribution in [3.63, 3.8) is 0 Å². The minimum absolute atomic E-state index is 0.329. The number of aromatic nitrogens is 1. The summed E-state index contributed by atoms with van der Waals surface area (Å²) in [5, 5.41) is 9.92. The van der Waals surface area contributed by atoms with Crippen molar-refractivity contribution >= 4 is 0 Å². The van der Waals surface area contributed by atoms with Crippen LogP contribution < -0.4 is 0 Å². The molecule has 1 rings (SSSR count). The van der Waals surface area contributed by atoms with Gasteiger partial charge in [-0.2, -0.15) is 0 Å². The third-order valence-electron chi connectivity index (χ3n) is 2.49. The number of rotatable bonds is 4. The maximum Gasteiger partial charge on any atom is 0.0987 e. The molecular formula is C11H17NO. The average Bonchev–Trinajstić information content (AvgIpc) is 2.21. The Morgan fingerprint density at radius 2 is 2.00 bits per heavy atom. The van der Waals surface area contributed by atoms with Crippen LogP contribution in [0.5, 0.6) is 0 Å². The van der Waals surface area contributed by atoms with Crippen LogP contribution in [0.15, 0.2) is 24.4 Å². The molecule has 1 unspecified atom stereocenters. The molecule has 0 amide bonds. The van der Waals surface area contributed by atoms with E-state index in [9.17, 15) is 5.11 Å². The topological polar surface area (TPSA) is 33.1 Å². The third-order valence-corrected chi connectivity index (χ3v) is 2.49. The van der Waals surface area contributed by atoms with Crippen molar-refractivity contribution in [2.45, 2.75) is 32.8 Å². The molecule has 0 aliphatic rings. The first-order chi connectivity index (χ1) is 6.29. The zero-order valence-corrected chi connectivity index (χ0v) is 8.27. The largest absolute Gasteiger partial charge is 0.387 e. The van der Waals surface area contributed by atoms with Gasteiger partial charge in [0.25, 0.3) is 0 Å². The first-order valence-electron chi connectivity index (χ1n) is 4.88. The maximum absolute atomic E-state index is 9.92. The van der Waals surface area contributed by atoms with Gasteiger partial charge in [-0.15, -0.1) is 0 Å². The highest BCUT2D eigenvalue weighted by molar-refractivity contribution is 5.07. The predicted octanol–water partition coefficient (Wildman–Crippen LogP) is 2.55. The Bertz CT molecular complexity index is 231. The van der Waals surface area contributed by atoms with Gasteiger partial charge >= 0.3 is 0 Å². The Morgan fingerprint density at radius 1 is 1.31 bits per heavy atom. The maximum atomic E-state index is 9.92. The normalized spacial score (nSPS) is 13.2. The monoisotopic (exact) mass is 179 g/mol. The molecule has 0 aliphatic carbocycles. The van der Waals surface area contributed by atoms with E-state index < -0.39 is 6.10 Å². The van der Waals surface area contributed by atoms with E-state index in [1.54, 1.807) is 6.20 Å². The highest BCUT2D eigenvalue weighted by Crippen LogP contribution is 2.25. The van der Waals surface area contributed by atoms with Gasteiger partial charge in [0.15, 0.2) is 0 Å². The first-order valence-corrected chi connectivity index (χ1v) is 4.88. The van der Waals surface area contributed by atoms with Crippen molar-refractivity contribution in [1.29, 1.82) is 0 Å². The van der Waals surface area contributed by atoms with Crippen molar-refractivity contribution in [1.82, 2.24) is 4.98 Å². The molecule has 0 saturated carbocycles. The molecule has 0 radical (unpaired) electrons. The number of hydrogen-bond acceptors (Lipinski definition) is 2. The first kappa shape index (κ1) is 10.2. The molecule has 72 valence electrons. The fourth-order valence-electron chi connectivity index (χ4n) is 1.53. The second kappa shape index (κ2) is 4.97. The van der Waals surface area contributed by atoms with Crippen molar-refractivity contribution in [3.05, 3.63) is 30.1 Å². The molecule has 2 nitrogen and oxygen atoms in total. The van der Waals surface area contributed by atoms with Gasteiger partial charge in [0.05, 0.1) is 11.8 Å². The summed E-state index contributed by atoms with van der Waals surface area (Å²) < 4.78 is 0. The summed E-state index contributed by atoms with van der Waals surface area (Å²) >= 11 is 0. The van der Waals surface area contributed by atoms with Crippen LogP contribution in [0.3, 0.4) is 0 Å². The SMILES string of the molecule is CCC(CC)C(O)c1ccccn1. The van der Waals surface area contributed by atoms with Gasteiger partial charge in [-0.25, -0.2) is 0 Å². The Hall–Kier alpha value is -0.890. The van der Waals surface area contributed by atoms with Crippen LogP contribution in [0.25, 0.3) is 0 Å². The predicted molar refractivity (Wildman–Crippen MR) is 53.3 cm³/mol. The van der Waals surface area contributed by atoms with Gasteiger partial charge < -0.3 is 5.11 Å². The van der Waals surface area contributed by atoms with Crippen LogP contribution in [0.4, 0.5) is 0 Å². The van der Waals surface area contributed by atoms with Gasteiger partial charge in [-0.3, -0.25) is 4.98 Å². The van der Waals surface area contributed by atoms with E-state index >= 15 is 0 Å². The molecule has 0 aromatic carbocycles. The molecule has 1 aromatic rings. The molecule has 2 heteroatoms. The van der Waals surface area contributed by atoms with Crippen LogP contribution in [0.1, 0.15) is 38.5 Å². The summed E-state index contributed by atoms with van der Waals surface area (Å²) in [6.45, 7) is 4.20. The van der Waals surface area contributed by atoms with Crippen molar-refractivity contribution in [2.75, 3.05) is 0 Å². The summed E-state index contributed by atoms with van der Waals surface area (Å²) in [4.78, 5) is 4.15. The van der Waals surface area contributed by atoms with Gasteiger partial charge in [-0.1, -0.05) is 32.8 Å². The summed E-state index contributed by atoms with van der Waals surface area (Å²) in [5.74, 6) is 0.329. The lowest BCUT2D eigenvalue weighted by Gasteiger charge is -2.18. The Morgan fingerprint density at radius 3 is 2.46 bits per heavy atom. The van der Waals surface area contributed by atoms with Gasteiger partial charge in [0, 0.05) is 6.20 Å². The molecule has 0 fully saturated rings. The Balaban J connectivity index is 2.72. The number of aliphatic hydroxyl groups is 1. The Kier molecular flexibility index (Phi) is 3.90. The number of hydrogen-bond donors (Lipinski definition) is 1. The molecule has 0 bridgehead atoms. The van der Waals surface area contributed by atoms with E-state index in [0.29, 0.717) is 5.92 Å². The van der Waals surface area contributed by atoms with E-state index in [-0.39, 0.29) is 0 Å². The van der Waals surface area contributed by atoms with E-state index in [1.807, 2.05) is 18.2 Å². The van der Waals surface area contributed by atoms with E-state index in [4.69, 9.17) is 0 Å². The molecule has 1 heterocycles. The van der Waals surface area contributed by atoms with Crippen LogP contribution >= 0.6 is 0 Å². The molecule has 0 saturated heterocycles. The molecule has 1 N–H and O–H groups in total. The minimum Gasteiger partial charge on any atom is -0.387 e. The molecule has 1 atom stereocenters. The van der Waals surface area contributed by atoms with Crippen LogP contribution in [-0.4, -0.2) is 10.1 Å². The van der Waals surface area contributed by atoms with Crippen LogP contribution in [0.2, 0.25) is 0 Å². The van der Waals surface area contributed by atoms with E-state index in [1.165, 1.54) is 0 Å². The van der Waals surface area contributed by atoms with Gasteiger partial charge in [0.1, 0.15) is 0 Å². The quantitative estimate of drug-likeness (QED) is 0.770. The van der Waals surface area contributed by atoms with Gasteiger partial charge in [0.2, 0.25) is 0 Å². The van der Waals surface area contributed by atoms with Gasteiger partial charge in [-0.05, 0) is 18.1 Å². The Labute approximate surface area is 79.6 Å². The molecule has 13 heavy (non-hydrogen) atoms. The second-order valence-corrected chi connectivity index (χ2v) is 3.28. The lowest BCUT2D eigenvalue weighted by molar-refractivity contribution is 0.0991. The number of aliphatic hydroxyl groups excluding tert-OH is 1. The standard InChI is InChI=1S/C11H17NO/c1-3-9(4-2)11(13)10-7-5-6-8-12-10/h5-9,11,13H,3-4H2,1-2H3. The van der Waals surface area contributed by atoms with E-state index in [2.05, 4.69) is 18.8 Å². The molecule has 0 spiro atoms. The highest BCUT2D eigenvalue weighted by Gasteiger charge is 2.17. The molecule has 1 aromatic heterocycles. The second-order valence-electron chi connectivity index (χ2n) is 3.28.